The van der Waals surface area contributed by atoms with Crippen molar-refractivity contribution in [2.45, 2.75) is 31.7 Å². The van der Waals surface area contributed by atoms with Gasteiger partial charge in [-0.25, -0.2) is 4.79 Å². The number of rotatable bonds is 5. The van der Waals surface area contributed by atoms with Crippen LogP contribution in [-0.2, 0) is 26.4 Å². The molecule has 176 valence electrons. The van der Waals surface area contributed by atoms with Gasteiger partial charge in [0.2, 0.25) is 0 Å². The summed E-state index contributed by atoms with van der Waals surface area (Å²) in [4.78, 5) is 23.3. The van der Waals surface area contributed by atoms with E-state index < -0.39 is 30.1 Å². The predicted molar refractivity (Wildman–Crippen MR) is 116 cm³/mol. The first kappa shape index (κ1) is 24.9. The molecule has 1 aliphatic heterocycles. The van der Waals surface area contributed by atoms with Gasteiger partial charge in [0, 0.05) is 36.0 Å². The summed E-state index contributed by atoms with van der Waals surface area (Å²) in [6.45, 7) is 0.941. The van der Waals surface area contributed by atoms with Crippen molar-refractivity contribution in [3.05, 3.63) is 68.7 Å². The van der Waals surface area contributed by atoms with Crippen LogP contribution >= 0.6 is 23.2 Å². The van der Waals surface area contributed by atoms with Crippen LogP contribution in [0.3, 0.4) is 0 Å². The topological polar surface area (TPSA) is 68.2 Å². The van der Waals surface area contributed by atoms with E-state index in [-0.39, 0.29) is 39.1 Å². The highest BCUT2D eigenvalue weighted by atomic mass is 35.5. The molecule has 3 rings (SSSR count). The molecule has 0 N–H and O–H groups in total. The van der Waals surface area contributed by atoms with Crippen molar-refractivity contribution in [2.24, 2.45) is 5.10 Å². The van der Waals surface area contributed by atoms with Crippen LogP contribution in [-0.4, -0.2) is 43.0 Å². The molecule has 1 aliphatic rings. The Bertz CT molecular complexity index is 1120. The van der Waals surface area contributed by atoms with E-state index in [2.05, 4.69) is 5.10 Å². The molecular formula is C22H19Cl2F3N2O4. The molecule has 0 radical (unpaired) electrons. The third-order valence-corrected chi connectivity index (χ3v) is 5.77. The van der Waals surface area contributed by atoms with Crippen LogP contribution < -0.4 is 0 Å². The van der Waals surface area contributed by atoms with Gasteiger partial charge in [-0.1, -0.05) is 29.3 Å². The summed E-state index contributed by atoms with van der Waals surface area (Å²) in [7, 11) is 2.41. The van der Waals surface area contributed by atoms with Crippen LogP contribution in [0.5, 0.6) is 0 Å². The molecule has 0 aliphatic carbocycles. The zero-order valence-corrected chi connectivity index (χ0v) is 19.3. The number of nitrogens with zero attached hydrogens (tertiary/aromatic N) is 2. The fourth-order valence-corrected chi connectivity index (χ4v) is 4.25. The van der Waals surface area contributed by atoms with E-state index in [4.69, 9.17) is 32.7 Å². The highest BCUT2D eigenvalue weighted by Gasteiger charge is 2.62. The number of benzene rings is 2. The van der Waals surface area contributed by atoms with Gasteiger partial charge in [0.1, 0.15) is 6.61 Å². The second-order valence-electron chi connectivity index (χ2n) is 7.41. The van der Waals surface area contributed by atoms with Crippen molar-refractivity contribution < 1.29 is 32.2 Å². The van der Waals surface area contributed by atoms with Crippen molar-refractivity contribution >= 4 is 40.9 Å². The van der Waals surface area contributed by atoms with Crippen molar-refractivity contribution in [2.75, 3.05) is 14.2 Å². The minimum atomic E-state index is -4.73. The molecule has 33 heavy (non-hydrogen) atoms. The van der Waals surface area contributed by atoms with E-state index in [1.807, 2.05) is 0 Å². The molecule has 0 amide bonds. The van der Waals surface area contributed by atoms with Gasteiger partial charge in [-0.3, -0.25) is 9.80 Å². The quantitative estimate of drug-likeness (QED) is 0.516. The third-order valence-electron chi connectivity index (χ3n) is 5.33. The molecule has 1 heterocycles. The number of esters is 2. The average molecular weight is 503 g/mol. The smallest absolute Gasteiger partial charge is 0.417 e. The van der Waals surface area contributed by atoms with E-state index in [0.29, 0.717) is 5.56 Å². The highest BCUT2D eigenvalue weighted by Crippen LogP contribution is 2.50. The van der Waals surface area contributed by atoms with Crippen LogP contribution in [0.1, 0.15) is 40.4 Å². The van der Waals surface area contributed by atoms with Crippen LogP contribution in [0.2, 0.25) is 10.0 Å². The Morgan fingerprint density at radius 1 is 1.15 bits per heavy atom. The number of hydrogen-bond acceptors (Lipinski definition) is 6. The van der Waals surface area contributed by atoms with E-state index in [0.717, 1.165) is 5.01 Å². The maximum atomic E-state index is 14.5. The van der Waals surface area contributed by atoms with Crippen molar-refractivity contribution in [1.29, 1.82) is 0 Å². The first-order valence-corrected chi connectivity index (χ1v) is 10.3. The molecule has 6 nitrogen and oxygen atoms in total. The number of carbonyl (C=O) groups is 2. The van der Waals surface area contributed by atoms with Gasteiger partial charge in [0.05, 0.1) is 18.4 Å². The Labute approximate surface area is 197 Å². The molecular weight excluding hydrogens is 484 g/mol. The maximum absolute atomic E-state index is 14.5. The Morgan fingerprint density at radius 2 is 1.79 bits per heavy atom. The third kappa shape index (κ3) is 4.79. The van der Waals surface area contributed by atoms with Gasteiger partial charge in [-0.05, 0) is 41.5 Å². The zero-order chi connectivity index (χ0) is 24.6. The van der Waals surface area contributed by atoms with Crippen LogP contribution in [0, 0.1) is 0 Å². The fourth-order valence-electron chi connectivity index (χ4n) is 3.73. The van der Waals surface area contributed by atoms with Crippen molar-refractivity contribution in [3.8, 4) is 0 Å². The lowest BCUT2D eigenvalue weighted by atomic mass is 9.83. The zero-order valence-electron chi connectivity index (χ0n) is 17.8. The fraction of sp³-hybridized carbons (Fsp3) is 0.318. The average Bonchev–Trinajstić information content (AvgIpc) is 3.09. The second-order valence-corrected chi connectivity index (χ2v) is 8.28. The number of carbonyl (C=O) groups excluding carboxylic acids is 2. The van der Waals surface area contributed by atoms with E-state index in [9.17, 15) is 22.8 Å². The van der Waals surface area contributed by atoms with Crippen molar-refractivity contribution in [3.63, 3.8) is 0 Å². The standard InChI is InChI=1S/C22H19Cl2F3N2O4/c1-12(30)33-11-14-6-13(4-5-18(14)20(31)32-3)19-10-21(22(25,26)27,29(2)28-19)15-7-16(23)9-17(24)8-15/h4-9H,10-11H2,1-3H3. The molecule has 1 atom stereocenters. The summed E-state index contributed by atoms with van der Waals surface area (Å²) in [5.74, 6) is -1.25. The molecule has 0 bridgehead atoms. The summed E-state index contributed by atoms with van der Waals surface area (Å²) in [6, 6.07) is 8.09. The largest absolute Gasteiger partial charge is 0.465 e. The van der Waals surface area contributed by atoms with Gasteiger partial charge in [-0.2, -0.15) is 18.3 Å². The monoisotopic (exact) mass is 502 g/mol. The van der Waals surface area contributed by atoms with Crippen molar-refractivity contribution in [1.82, 2.24) is 5.01 Å². The lowest BCUT2D eigenvalue weighted by Gasteiger charge is -2.37. The number of methoxy groups -OCH3 is 1. The summed E-state index contributed by atoms with van der Waals surface area (Å²) in [6.07, 6.45) is -5.26. The number of halogens is 5. The van der Waals surface area contributed by atoms with E-state index in [1.165, 1.54) is 57.5 Å². The molecule has 0 fully saturated rings. The first-order chi connectivity index (χ1) is 15.4. The normalized spacial score (nSPS) is 18.2. The van der Waals surface area contributed by atoms with Crippen LogP contribution in [0.4, 0.5) is 13.2 Å². The van der Waals surface area contributed by atoms with Gasteiger partial charge < -0.3 is 9.47 Å². The molecule has 11 heteroatoms. The molecule has 2 aromatic carbocycles. The lowest BCUT2D eigenvalue weighted by molar-refractivity contribution is -0.227. The Hall–Kier alpha value is -2.78. The van der Waals surface area contributed by atoms with E-state index >= 15 is 0 Å². The predicted octanol–water partition coefficient (Wildman–Crippen LogP) is 5.34. The summed E-state index contributed by atoms with van der Waals surface area (Å²) >= 11 is 12.0. The van der Waals surface area contributed by atoms with Crippen LogP contribution in [0.25, 0.3) is 0 Å². The number of hydrogen-bond donors (Lipinski definition) is 0. The number of alkyl halides is 3. The molecule has 2 aromatic rings. The molecule has 0 saturated heterocycles. The minimum Gasteiger partial charge on any atom is -0.465 e. The highest BCUT2D eigenvalue weighted by molar-refractivity contribution is 6.34. The Morgan fingerprint density at radius 3 is 2.33 bits per heavy atom. The van der Waals surface area contributed by atoms with Crippen LogP contribution in [0.15, 0.2) is 41.5 Å². The van der Waals surface area contributed by atoms with Gasteiger partial charge >= 0.3 is 18.1 Å². The SMILES string of the molecule is COC(=O)c1ccc(C2=NN(C)C(c3cc(Cl)cc(Cl)c3)(C(F)(F)F)C2)cc1COC(C)=O. The summed E-state index contributed by atoms with van der Waals surface area (Å²) in [5, 5.41) is 5.13. The van der Waals surface area contributed by atoms with E-state index in [1.54, 1.807) is 0 Å². The summed E-state index contributed by atoms with van der Waals surface area (Å²) < 4.78 is 53.2. The molecule has 0 aromatic heterocycles. The minimum absolute atomic E-state index is 0.0640. The molecule has 1 unspecified atom stereocenters. The first-order valence-electron chi connectivity index (χ1n) is 9.58. The Kier molecular flexibility index (Phi) is 6.95. The number of hydrazone groups is 1. The maximum Gasteiger partial charge on any atom is 0.417 e. The molecule has 0 saturated carbocycles. The van der Waals surface area contributed by atoms with Gasteiger partial charge in [-0.15, -0.1) is 0 Å². The van der Waals surface area contributed by atoms with Gasteiger partial charge in [0.25, 0.3) is 0 Å². The molecule has 0 spiro atoms. The Balaban J connectivity index is 2.08. The summed E-state index contributed by atoms with van der Waals surface area (Å²) in [5.41, 5.74) is -1.82. The second kappa shape index (κ2) is 9.23. The lowest BCUT2D eigenvalue weighted by Crippen LogP contribution is -2.50. The van der Waals surface area contributed by atoms with Gasteiger partial charge in [0.15, 0.2) is 5.54 Å². The number of ether oxygens (including phenoxy) is 2.